The predicted molar refractivity (Wildman–Crippen MR) is 64.4 cm³/mol. The first-order valence-corrected chi connectivity index (χ1v) is 5.47. The lowest BCUT2D eigenvalue weighted by atomic mass is 10.2. The average Bonchev–Trinajstić information content (AvgIpc) is 2.20. The highest BCUT2D eigenvalue weighted by molar-refractivity contribution is 5.47. The van der Waals surface area contributed by atoms with Gasteiger partial charge in [0.2, 0.25) is 5.88 Å². The number of nitrogens with zero attached hydrogens (tertiary/aromatic N) is 2. The van der Waals surface area contributed by atoms with Crippen LogP contribution in [0, 0.1) is 6.92 Å². The summed E-state index contributed by atoms with van der Waals surface area (Å²) in [6, 6.07) is 0. The molecule has 0 atom stereocenters. The number of ether oxygens (including phenoxy) is 1. The third kappa shape index (κ3) is 2.82. The molecule has 1 aromatic heterocycles. The Morgan fingerprint density at radius 1 is 1.19 bits per heavy atom. The number of aromatic nitrogens is 2. The van der Waals surface area contributed by atoms with Crippen molar-refractivity contribution in [3.8, 4) is 5.88 Å². The number of nitrogens with one attached hydrogen (secondary N) is 1. The summed E-state index contributed by atoms with van der Waals surface area (Å²) in [4.78, 5) is 8.72. The van der Waals surface area contributed by atoms with E-state index in [-0.39, 0.29) is 12.0 Å². The molecule has 5 nitrogen and oxygen atoms in total. The van der Waals surface area contributed by atoms with Crippen molar-refractivity contribution in [3.05, 3.63) is 11.4 Å². The van der Waals surface area contributed by atoms with Crippen molar-refractivity contribution in [1.29, 1.82) is 0 Å². The third-order valence-corrected chi connectivity index (χ3v) is 2.12. The topological polar surface area (TPSA) is 73.1 Å². The van der Waals surface area contributed by atoms with Crippen molar-refractivity contribution in [2.75, 3.05) is 5.43 Å². The number of nitrogens with two attached hydrogens (primary N) is 1. The highest BCUT2D eigenvalue weighted by atomic mass is 16.5. The molecule has 3 N–H and O–H groups in total. The maximum Gasteiger partial charge on any atom is 0.222 e. The Labute approximate surface area is 96.4 Å². The van der Waals surface area contributed by atoms with Gasteiger partial charge in [-0.15, -0.1) is 0 Å². The Balaban J connectivity index is 3.19. The molecule has 0 amide bonds. The van der Waals surface area contributed by atoms with E-state index >= 15 is 0 Å². The summed E-state index contributed by atoms with van der Waals surface area (Å²) in [6.45, 7) is 9.88. The smallest absolute Gasteiger partial charge is 0.222 e. The van der Waals surface area contributed by atoms with Crippen LogP contribution < -0.4 is 16.0 Å². The highest BCUT2D eigenvalue weighted by Gasteiger charge is 2.14. The minimum atomic E-state index is 0.0826. The van der Waals surface area contributed by atoms with E-state index in [0.717, 1.165) is 11.4 Å². The molecule has 0 bridgehead atoms. The lowest BCUT2D eigenvalue weighted by Crippen LogP contribution is -2.16. The molecule has 0 spiro atoms. The first kappa shape index (κ1) is 12.7. The highest BCUT2D eigenvalue weighted by Crippen LogP contribution is 2.24. The Kier molecular flexibility index (Phi) is 4.06. The van der Waals surface area contributed by atoms with E-state index in [2.05, 4.69) is 15.4 Å². The number of hydrogen-bond acceptors (Lipinski definition) is 5. The lowest BCUT2D eigenvalue weighted by molar-refractivity contribution is 0.229. The van der Waals surface area contributed by atoms with E-state index in [9.17, 15) is 0 Å². The fourth-order valence-corrected chi connectivity index (χ4v) is 1.25. The molecule has 5 heteroatoms. The summed E-state index contributed by atoms with van der Waals surface area (Å²) in [6.07, 6.45) is 0.0826. The lowest BCUT2D eigenvalue weighted by Gasteiger charge is -2.15. The van der Waals surface area contributed by atoms with Crippen LogP contribution in [0.5, 0.6) is 5.88 Å². The quantitative estimate of drug-likeness (QED) is 0.604. The van der Waals surface area contributed by atoms with Crippen LogP contribution in [0.3, 0.4) is 0 Å². The van der Waals surface area contributed by atoms with Gasteiger partial charge in [0.05, 0.1) is 11.7 Å². The van der Waals surface area contributed by atoms with Gasteiger partial charge < -0.3 is 10.2 Å². The number of hydrogen-bond donors (Lipinski definition) is 2. The first-order chi connectivity index (χ1) is 7.45. The van der Waals surface area contributed by atoms with Gasteiger partial charge in [-0.1, -0.05) is 13.8 Å². The fraction of sp³-hybridized carbons (Fsp3) is 0.636. The fourth-order valence-electron chi connectivity index (χ4n) is 1.25. The Morgan fingerprint density at radius 2 is 1.81 bits per heavy atom. The van der Waals surface area contributed by atoms with Crippen LogP contribution in [0.25, 0.3) is 0 Å². The molecule has 0 aliphatic rings. The summed E-state index contributed by atoms with van der Waals surface area (Å²) < 4.78 is 5.63. The molecule has 90 valence electrons. The van der Waals surface area contributed by atoms with Gasteiger partial charge in [0.25, 0.3) is 0 Å². The van der Waals surface area contributed by atoms with Gasteiger partial charge >= 0.3 is 0 Å². The summed E-state index contributed by atoms with van der Waals surface area (Å²) in [5.41, 5.74) is 3.41. The van der Waals surface area contributed by atoms with Gasteiger partial charge in [0.1, 0.15) is 11.6 Å². The number of anilines is 1. The van der Waals surface area contributed by atoms with Crippen LogP contribution in [0.1, 0.15) is 45.0 Å². The number of rotatable bonds is 4. The molecule has 0 fully saturated rings. The SMILES string of the molecule is Cc1c(NN)nc(C(C)C)nc1OC(C)C. The van der Waals surface area contributed by atoms with Crippen LogP contribution in [0.4, 0.5) is 5.82 Å². The molecule has 0 aliphatic heterocycles. The molecule has 0 radical (unpaired) electrons. The second kappa shape index (κ2) is 5.12. The van der Waals surface area contributed by atoms with E-state index in [1.54, 1.807) is 0 Å². The van der Waals surface area contributed by atoms with Crippen LogP contribution in [0.2, 0.25) is 0 Å². The molecule has 16 heavy (non-hydrogen) atoms. The van der Waals surface area contributed by atoms with Crippen molar-refractivity contribution in [3.63, 3.8) is 0 Å². The monoisotopic (exact) mass is 224 g/mol. The van der Waals surface area contributed by atoms with E-state index in [1.807, 2.05) is 34.6 Å². The third-order valence-electron chi connectivity index (χ3n) is 2.12. The van der Waals surface area contributed by atoms with E-state index in [1.165, 1.54) is 0 Å². The molecule has 0 saturated carbocycles. The van der Waals surface area contributed by atoms with Gasteiger partial charge in [-0.2, -0.15) is 4.98 Å². The van der Waals surface area contributed by atoms with Crippen molar-refractivity contribution in [1.82, 2.24) is 9.97 Å². The summed E-state index contributed by atoms with van der Waals surface area (Å²) in [7, 11) is 0. The number of hydrazine groups is 1. The van der Waals surface area contributed by atoms with Crippen LogP contribution in [-0.2, 0) is 0 Å². The largest absolute Gasteiger partial charge is 0.475 e. The van der Waals surface area contributed by atoms with Crippen LogP contribution >= 0.6 is 0 Å². The molecule has 0 unspecified atom stereocenters. The summed E-state index contributed by atoms with van der Waals surface area (Å²) >= 11 is 0. The minimum Gasteiger partial charge on any atom is -0.475 e. The second-order valence-electron chi connectivity index (χ2n) is 4.33. The summed E-state index contributed by atoms with van der Waals surface area (Å²) in [5.74, 6) is 7.61. The zero-order valence-electron chi connectivity index (χ0n) is 10.5. The first-order valence-electron chi connectivity index (χ1n) is 5.47. The maximum atomic E-state index is 5.63. The molecule has 1 rings (SSSR count). The van der Waals surface area contributed by atoms with Crippen LogP contribution in [0.15, 0.2) is 0 Å². The Bertz CT molecular complexity index is 363. The van der Waals surface area contributed by atoms with E-state index in [0.29, 0.717) is 11.7 Å². The Hall–Kier alpha value is -1.36. The van der Waals surface area contributed by atoms with Gasteiger partial charge in [-0.05, 0) is 20.8 Å². The molecule has 0 saturated heterocycles. The predicted octanol–water partition coefficient (Wildman–Crippen LogP) is 1.98. The molecule has 0 aromatic carbocycles. The van der Waals surface area contributed by atoms with E-state index < -0.39 is 0 Å². The van der Waals surface area contributed by atoms with Gasteiger partial charge in [0, 0.05) is 5.92 Å². The Morgan fingerprint density at radius 3 is 2.25 bits per heavy atom. The van der Waals surface area contributed by atoms with Crippen LogP contribution in [-0.4, -0.2) is 16.1 Å². The normalized spacial score (nSPS) is 11.0. The second-order valence-corrected chi connectivity index (χ2v) is 4.33. The van der Waals surface area contributed by atoms with Crippen molar-refractivity contribution < 1.29 is 4.74 Å². The zero-order valence-corrected chi connectivity index (χ0v) is 10.5. The molecular formula is C11H20N4O. The number of nitrogen functional groups attached to an aromatic ring is 1. The van der Waals surface area contributed by atoms with Gasteiger partial charge in [0.15, 0.2) is 0 Å². The van der Waals surface area contributed by atoms with Crippen molar-refractivity contribution in [2.24, 2.45) is 5.84 Å². The minimum absolute atomic E-state index is 0.0826. The van der Waals surface area contributed by atoms with Crippen molar-refractivity contribution >= 4 is 5.82 Å². The van der Waals surface area contributed by atoms with Gasteiger partial charge in [-0.25, -0.2) is 10.8 Å². The van der Waals surface area contributed by atoms with Gasteiger partial charge in [-0.3, -0.25) is 0 Å². The molecule has 1 aromatic rings. The average molecular weight is 224 g/mol. The zero-order chi connectivity index (χ0) is 12.3. The summed E-state index contributed by atoms with van der Waals surface area (Å²) in [5, 5.41) is 0. The molecular weight excluding hydrogens is 204 g/mol. The molecule has 0 aliphatic carbocycles. The standard InChI is InChI=1S/C11H20N4O/c1-6(2)9-13-10(15-12)8(5)11(14-9)16-7(3)4/h6-7H,12H2,1-5H3,(H,13,14,15). The van der Waals surface area contributed by atoms with E-state index in [4.69, 9.17) is 10.6 Å². The van der Waals surface area contributed by atoms with Crippen molar-refractivity contribution in [2.45, 2.75) is 46.6 Å². The maximum absolute atomic E-state index is 5.63. The molecule has 1 heterocycles.